The average Bonchev–Trinajstić information content (AvgIpc) is 2.63. The van der Waals surface area contributed by atoms with Crippen LogP contribution in [0.2, 0.25) is 0 Å². The number of methoxy groups -OCH3 is 1. The van der Waals surface area contributed by atoms with Gasteiger partial charge >= 0.3 is 6.36 Å². The molecule has 0 spiro atoms. The van der Waals surface area contributed by atoms with Gasteiger partial charge in [-0.15, -0.1) is 13.2 Å². The number of hydrogen-bond acceptors (Lipinski definition) is 4. The van der Waals surface area contributed by atoms with E-state index >= 15 is 0 Å². The van der Waals surface area contributed by atoms with Crippen molar-refractivity contribution in [2.75, 3.05) is 14.2 Å². The first-order chi connectivity index (χ1) is 13.2. The molecule has 0 atom stereocenters. The van der Waals surface area contributed by atoms with E-state index in [2.05, 4.69) is 25.3 Å². The molecule has 0 unspecified atom stereocenters. The van der Waals surface area contributed by atoms with Gasteiger partial charge in [-0.1, -0.05) is 18.2 Å². The first-order valence-electron chi connectivity index (χ1n) is 8.52. The fraction of sp³-hybridized carbons (Fsp3) is 0.368. The molecule has 9 heteroatoms. The molecule has 0 bridgehead atoms. The number of aliphatic imine (C=N–C) groups is 1. The molecule has 2 aromatic rings. The summed E-state index contributed by atoms with van der Waals surface area (Å²) in [4.78, 5) is 8.48. The van der Waals surface area contributed by atoms with Gasteiger partial charge in [-0.3, -0.25) is 9.98 Å². The van der Waals surface area contributed by atoms with E-state index in [1.54, 1.807) is 32.5 Å². The Bertz CT molecular complexity index is 838. The van der Waals surface area contributed by atoms with Crippen molar-refractivity contribution in [1.29, 1.82) is 0 Å². The number of alkyl halides is 3. The molecular weight excluding hydrogens is 373 g/mol. The first-order valence-corrected chi connectivity index (χ1v) is 8.52. The van der Waals surface area contributed by atoms with Crippen LogP contribution in [0.1, 0.15) is 22.4 Å². The summed E-state index contributed by atoms with van der Waals surface area (Å²) in [5.41, 5.74) is 2.99. The van der Waals surface area contributed by atoms with Crippen molar-refractivity contribution in [3.05, 3.63) is 52.8 Å². The van der Waals surface area contributed by atoms with Crippen LogP contribution >= 0.6 is 0 Å². The predicted octanol–water partition coefficient (Wildman–Crippen LogP) is 3.47. The largest absolute Gasteiger partial charge is 0.573 e. The second-order valence-electron chi connectivity index (χ2n) is 5.98. The van der Waals surface area contributed by atoms with E-state index in [9.17, 15) is 13.2 Å². The summed E-state index contributed by atoms with van der Waals surface area (Å²) in [6.07, 6.45) is -3.02. The maximum Gasteiger partial charge on any atom is 0.573 e. The summed E-state index contributed by atoms with van der Waals surface area (Å²) in [7, 11) is 3.18. The van der Waals surface area contributed by atoms with Crippen LogP contribution < -0.4 is 20.1 Å². The van der Waals surface area contributed by atoms with Gasteiger partial charge in [-0.2, -0.15) is 0 Å². The second kappa shape index (κ2) is 9.29. The highest BCUT2D eigenvalue weighted by atomic mass is 19.4. The minimum Gasteiger partial charge on any atom is -0.496 e. The van der Waals surface area contributed by atoms with Crippen molar-refractivity contribution < 1.29 is 22.6 Å². The highest BCUT2D eigenvalue weighted by Gasteiger charge is 2.31. The maximum atomic E-state index is 12.5. The van der Waals surface area contributed by atoms with Crippen LogP contribution in [0.15, 0.2) is 35.5 Å². The van der Waals surface area contributed by atoms with Gasteiger partial charge in [0.1, 0.15) is 11.5 Å². The summed E-state index contributed by atoms with van der Waals surface area (Å²) in [6, 6.07) is 5.95. The number of halogens is 3. The fourth-order valence-corrected chi connectivity index (χ4v) is 2.69. The van der Waals surface area contributed by atoms with Gasteiger partial charge in [0.25, 0.3) is 0 Å². The van der Waals surface area contributed by atoms with Gasteiger partial charge in [-0.05, 0) is 19.9 Å². The lowest BCUT2D eigenvalue weighted by Crippen LogP contribution is -2.36. The topological polar surface area (TPSA) is 67.8 Å². The van der Waals surface area contributed by atoms with E-state index in [4.69, 9.17) is 4.74 Å². The van der Waals surface area contributed by atoms with Crippen molar-refractivity contribution >= 4 is 5.96 Å². The second-order valence-corrected chi connectivity index (χ2v) is 5.98. The van der Waals surface area contributed by atoms with Crippen LogP contribution in [0.4, 0.5) is 13.2 Å². The third-order valence-electron chi connectivity index (χ3n) is 4.04. The molecule has 152 valence electrons. The summed E-state index contributed by atoms with van der Waals surface area (Å²) >= 11 is 0. The van der Waals surface area contributed by atoms with E-state index < -0.39 is 6.36 Å². The van der Waals surface area contributed by atoms with Gasteiger partial charge in [0, 0.05) is 36.5 Å². The maximum absolute atomic E-state index is 12.5. The Labute approximate surface area is 161 Å². The first kappa shape index (κ1) is 21.3. The van der Waals surface area contributed by atoms with E-state index in [1.807, 2.05) is 13.8 Å². The molecule has 0 aliphatic carbocycles. The van der Waals surface area contributed by atoms with E-state index in [-0.39, 0.29) is 12.3 Å². The van der Waals surface area contributed by atoms with Gasteiger partial charge in [0.15, 0.2) is 5.96 Å². The molecule has 28 heavy (non-hydrogen) atoms. The Balaban J connectivity index is 2.02. The van der Waals surface area contributed by atoms with E-state index in [1.165, 1.54) is 12.1 Å². The van der Waals surface area contributed by atoms with Crippen molar-refractivity contribution in [3.8, 4) is 11.5 Å². The van der Waals surface area contributed by atoms with Gasteiger partial charge in [-0.25, -0.2) is 0 Å². The monoisotopic (exact) mass is 396 g/mol. The zero-order chi connectivity index (χ0) is 20.7. The molecule has 1 heterocycles. The number of rotatable bonds is 6. The highest BCUT2D eigenvalue weighted by molar-refractivity contribution is 5.79. The zero-order valence-electron chi connectivity index (χ0n) is 16.1. The van der Waals surface area contributed by atoms with Crippen molar-refractivity contribution in [2.45, 2.75) is 33.3 Å². The van der Waals surface area contributed by atoms with E-state index in [0.717, 1.165) is 22.6 Å². The zero-order valence-corrected chi connectivity index (χ0v) is 16.1. The molecule has 0 radical (unpaired) electrons. The number of aromatic nitrogens is 1. The standard InChI is InChI=1S/C19H23F3N4O2/c1-12-9-24-15(13(2)17(12)27-4)11-26-18(23-3)25-10-14-7-5-6-8-16(14)28-19(20,21)22/h5-9H,10-11H2,1-4H3,(H2,23,25,26). The molecule has 6 nitrogen and oxygen atoms in total. The lowest BCUT2D eigenvalue weighted by atomic mass is 10.1. The van der Waals surface area contributed by atoms with Gasteiger partial charge < -0.3 is 20.1 Å². The average molecular weight is 396 g/mol. The molecule has 0 aliphatic rings. The van der Waals surface area contributed by atoms with Gasteiger partial charge in [0.2, 0.25) is 0 Å². The number of ether oxygens (including phenoxy) is 2. The quantitative estimate of drug-likeness (QED) is 0.578. The minimum atomic E-state index is -4.75. The van der Waals surface area contributed by atoms with Crippen LogP contribution in [-0.4, -0.2) is 31.5 Å². The van der Waals surface area contributed by atoms with Crippen LogP contribution in [0.25, 0.3) is 0 Å². The predicted molar refractivity (Wildman–Crippen MR) is 100 cm³/mol. The molecule has 0 saturated carbocycles. The molecule has 0 fully saturated rings. The Kier molecular flexibility index (Phi) is 7.08. The Morgan fingerprint density at radius 2 is 1.82 bits per heavy atom. The SMILES string of the molecule is CN=C(NCc1ccccc1OC(F)(F)F)NCc1ncc(C)c(OC)c1C. The summed E-state index contributed by atoms with van der Waals surface area (Å²) in [6.45, 7) is 4.31. The van der Waals surface area contributed by atoms with Crippen LogP contribution in [0.3, 0.4) is 0 Å². The third-order valence-corrected chi connectivity index (χ3v) is 4.04. The molecule has 1 aromatic heterocycles. The van der Waals surface area contributed by atoms with Crippen LogP contribution in [-0.2, 0) is 13.1 Å². The lowest BCUT2D eigenvalue weighted by molar-refractivity contribution is -0.274. The molecule has 0 amide bonds. The number of hydrogen-bond donors (Lipinski definition) is 2. The van der Waals surface area contributed by atoms with Crippen molar-refractivity contribution in [2.24, 2.45) is 4.99 Å². The Hall–Kier alpha value is -2.97. The van der Waals surface area contributed by atoms with Crippen molar-refractivity contribution in [1.82, 2.24) is 15.6 Å². The Morgan fingerprint density at radius 1 is 1.14 bits per heavy atom. The summed E-state index contributed by atoms with van der Waals surface area (Å²) < 4.78 is 47.0. The normalized spacial score (nSPS) is 11.9. The van der Waals surface area contributed by atoms with Crippen LogP contribution in [0, 0.1) is 13.8 Å². The molecule has 2 rings (SSSR count). The fourth-order valence-electron chi connectivity index (χ4n) is 2.69. The lowest BCUT2D eigenvalue weighted by Gasteiger charge is -2.16. The number of nitrogens with zero attached hydrogens (tertiary/aromatic N) is 2. The highest BCUT2D eigenvalue weighted by Crippen LogP contribution is 2.26. The minimum absolute atomic E-state index is 0.107. The number of pyridine rings is 1. The third kappa shape index (κ3) is 5.77. The summed E-state index contributed by atoms with van der Waals surface area (Å²) in [5, 5.41) is 6.07. The van der Waals surface area contributed by atoms with Crippen LogP contribution in [0.5, 0.6) is 11.5 Å². The summed E-state index contributed by atoms with van der Waals surface area (Å²) in [5.74, 6) is 0.939. The number of nitrogens with one attached hydrogen (secondary N) is 2. The number of guanidine groups is 1. The number of benzene rings is 1. The molecule has 0 saturated heterocycles. The molecular formula is C19H23F3N4O2. The molecule has 2 N–H and O–H groups in total. The number of aryl methyl sites for hydroxylation is 1. The van der Waals surface area contributed by atoms with Gasteiger partial charge in [0.05, 0.1) is 19.3 Å². The smallest absolute Gasteiger partial charge is 0.496 e. The number of para-hydroxylation sites is 1. The molecule has 0 aliphatic heterocycles. The van der Waals surface area contributed by atoms with Crippen molar-refractivity contribution in [3.63, 3.8) is 0 Å². The molecule has 1 aromatic carbocycles. The van der Waals surface area contributed by atoms with E-state index in [0.29, 0.717) is 18.1 Å². The Morgan fingerprint density at radius 3 is 2.46 bits per heavy atom.